The minimum atomic E-state index is 0.128. The van der Waals surface area contributed by atoms with Gasteiger partial charge >= 0.3 is 0 Å². The number of benzene rings is 2. The van der Waals surface area contributed by atoms with Crippen LogP contribution in [-0.2, 0) is 6.54 Å². The largest absolute Gasteiger partial charge is 0.496 e. The molecule has 0 radical (unpaired) electrons. The van der Waals surface area contributed by atoms with Crippen molar-refractivity contribution in [2.45, 2.75) is 25.9 Å². The van der Waals surface area contributed by atoms with Crippen LogP contribution in [0.15, 0.2) is 36.4 Å². The van der Waals surface area contributed by atoms with Crippen molar-refractivity contribution in [3.8, 4) is 5.75 Å². The van der Waals surface area contributed by atoms with Crippen LogP contribution in [0, 0.1) is 0 Å². The van der Waals surface area contributed by atoms with E-state index in [4.69, 9.17) is 4.74 Å². The van der Waals surface area contributed by atoms with E-state index in [2.05, 4.69) is 30.4 Å². The fourth-order valence-corrected chi connectivity index (χ4v) is 2.27. The van der Waals surface area contributed by atoms with E-state index in [1.165, 1.54) is 10.8 Å². The number of fused-ring (bicyclic) bond motifs is 1. The van der Waals surface area contributed by atoms with Crippen molar-refractivity contribution in [2.24, 2.45) is 0 Å². The van der Waals surface area contributed by atoms with Crippen LogP contribution in [-0.4, -0.2) is 24.9 Å². The van der Waals surface area contributed by atoms with E-state index >= 15 is 0 Å². The molecule has 0 spiro atoms. The molecule has 19 heavy (non-hydrogen) atoms. The third-order valence-electron chi connectivity index (χ3n) is 3.50. The zero-order valence-electron chi connectivity index (χ0n) is 11.5. The normalized spacial score (nSPS) is 12.6. The van der Waals surface area contributed by atoms with Crippen LogP contribution in [0.2, 0.25) is 0 Å². The molecule has 0 aliphatic carbocycles. The first-order valence-corrected chi connectivity index (χ1v) is 6.69. The zero-order valence-corrected chi connectivity index (χ0v) is 11.5. The SMILES string of the molecule is CCC(CO)NCc1c(OC)ccc2ccccc12. The maximum Gasteiger partial charge on any atom is 0.123 e. The fourth-order valence-electron chi connectivity index (χ4n) is 2.27. The van der Waals surface area contributed by atoms with Crippen LogP contribution in [0.3, 0.4) is 0 Å². The Kier molecular flexibility index (Phi) is 4.77. The van der Waals surface area contributed by atoms with Gasteiger partial charge in [0.15, 0.2) is 0 Å². The highest BCUT2D eigenvalue weighted by molar-refractivity contribution is 5.87. The predicted octanol–water partition coefficient (Wildman–Crippen LogP) is 2.71. The molecule has 0 amide bonds. The van der Waals surface area contributed by atoms with Crippen molar-refractivity contribution in [3.63, 3.8) is 0 Å². The first kappa shape index (κ1) is 13.8. The van der Waals surface area contributed by atoms with Gasteiger partial charge in [0.25, 0.3) is 0 Å². The molecule has 3 nitrogen and oxygen atoms in total. The summed E-state index contributed by atoms with van der Waals surface area (Å²) in [5.74, 6) is 0.888. The van der Waals surface area contributed by atoms with E-state index in [0.29, 0.717) is 6.54 Å². The maximum absolute atomic E-state index is 9.25. The van der Waals surface area contributed by atoms with Crippen LogP contribution in [0.25, 0.3) is 10.8 Å². The number of aliphatic hydroxyl groups excluding tert-OH is 1. The molecule has 1 unspecified atom stereocenters. The van der Waals surface area contributed by atoms with Crippen molar-refractivity contribution in [2.75, 3.05) is 13.7 Å². The molecule has 3 heteroatoms. The van der Waals surface area contributed by atoms with Crippen LogP contribution in [0.4, 0.5) is 0 Å². The number of methoxy groups -OCH3 is 1. The smallest absolute Gasteiger partial charge is 0.123 e. The Bertz CT molecular complexity index is 535. The summed E-state index contributed by atoms with van der Waals surface area (Å²) in [4.78, 5) is 0. The van der Waals surface area contributed by atoms with E-state index in [9.17, 15) is 5.11 Å². The van der Waals surface area contributed by atoms with E-state index in [0.717, 1.165) is 17.7 Å². The lowest BCUT2D eigenvalue weighted by atomic mass is 10.0. The molecule has 2 aromatic carbocycles. The van der Waals surface area contributed by atoms with Crippen LogP contribution in [0.5, 0.6) is 5.75 Å². The van der Waals surface area contributed by atoms with Gasteiger partial charge in [0, 0.05) is 18.2 Å². The maximum atomic E-state index is 9.25. The standard InChI is InChI=1S/C16H21NO2/c1-3-13(11-18)17-10-15-14-7-5-4-6-12(14)8-9-16(15)19-2/h4-9,13,17-18H,3,10-11H2,1-2H3. The number of aliphatic hydroxyl groups is 1. The topological polar surface area (TPSA) is 41.5 Å². The van der Waals surface area contributed by atoms with Crippen LogP contribution < -0.4 is 10.1 Å². The summed E-state index contributed by atoms with van der Waals surface area (Å²) in [7, 11) is 1.69. The first-order valence-electron chi connectivity index (χ1n) is 6.69. The summed E-state index contributed by atoms with van der Waals surface area (Å²) in [6.07, 6.45) is 0.906. The Balaban J connectivity index is 2.33. The quantitative estimate of drug-likeness (QED) is 0.838. The third-order valence-corrected chi connectivity index (χ3v) is 3.50. The second-order valence-corrected chi connectivity index (χ2v) is 4.64. The second kappa shape index (κ2) is 6.55. The Morgan fingerprint density at radius 3 is 2.68 bits per heavy atom. The molecule has 102 valence electrons. The van der Waals surface area contributed by atoms with Gasteiger partial charge in [-0.05, 0) is 23.3 Å². The molecule has 0 aliphatic heterocycles. The molecule has 0 bridgehead atoms. The molecule has 2 aromatic rings. The molecule has 0 aliphatic rings. The van der Waals surface area contributed by atoms with E-state index in [1.807, 2.05) is 18.2 Å². The average molecular weight is 259 g/mol. The summed E-state index contributed by atoms with van der Waals surface area (Å²) in [6.45, 7) is 2.92. The van der Waals surface area contributed by atoms with Gasteiger partial charge in [-0.1, -0.05) is 37.3 Å². The Hall–Kier alpha value is -1.58. The van der Waals surface area contributed by atoms with Gasteiger partial charge in [-0.25, -0.2) is 0 Å². The van der Waals surface area contributed by atoms with Gasteiger partial charge < -0.3 is 15.2 Å². The first-order chi connectivity index (χ1) is 9.30. The average Bonchev–Trinajstić information content (AvgIpc) is 2.48. The van der Waals surface area contributed by atoms with Gasteiger partial charge in [-0.2, -0.15) is 0 Å². The van der Waals surface area contributed by atoms with E-state index in [-0.39, 0.29) is 12.6 Å². The lowest BCUT2D eigenvalue weighted by Crippen LogP contribution is -2.31. The molecule has 0 saturated heterocycles. The summed E-state index contributed by atoms with van der Waals surface area (Å²) >= 11 is 0. The number of rotatable bonds is 6. The summed E-state index contributed by atoms with van der Waals surface area (Å²) in [6, 6.07) is 12.5. The van der Waals surface area contributed by atoms with Crippen molar-refractivity contribution < 1.29 is 9.84 Å². The van der Waals surface area contributed by atoms with Gasteiger partial charge in [-0.3, -0.25) is 0 Å². The highest BCUT2D eigenvalue weighted by Gasteiger charge is 2.10. The van der Waals surface area contributed by atoms with E-state index < -0.39 is 0 Å². The molecule has 1 atom stereocenters. The molecule has 0 aromatic heterocycles. The zero-order chi connectivity index (χ0) is 13.7. The van der Waals surface area contributed by atoms with Gasteiger partial charge in [0.1, 0.15) is 5.75 Å². The Morgan fingerprint density at radius 1 is 1.21 bits per heavy atom. The molecule has 0 heterocycles. The van der Waals surface area contributed by atoms with Gasteiger partial charge in [0.05, 0.1) is 13.7 Å². The number of ether oxygens (including phenoxy) is 1. The Morgan fingerprint density at radius 2 is 2.00 bits per heavy atom. The number of hydrogen-bond donors (Lipinski definition) is 2. The minimum absolute atomic E-state index is 0.128. The summed E-state index contributed by atoms with van der Waals surface area (Å²) in [5.41, 5.74) is 1.15. The molecular formula is C16H21NO2. The summed E-state index contributed by atoms with van der Waals surface area (Å²) in [5, 5.41) is 15.0. The van der Waals surface area contributed by atoms with Gasteiger partial charge in [0.2, 0.25) is 0 Å². The fraction of sp³-hybridized carbons (Fsp3) is 0.375. The second-order valence-electron chi connectivity index (χ2n) is 4.64. The summed E-state index contributed by atoms with van der Waals surface area (Å²) < 4.78 is 5.45. The van der Waals surface area contributed by atoms with Crippen LogP contribution in [0.1, 0.15) is 18.9 Å². The lowest BCUT2D eigenvalue weighted by Gasteiger charge is -2.17. The molecule has 0 fully saturated rings. The van der Waals surface area contributed by atoms with E-state index in [1.54, 1.807) is 7.11 Å². The molecular weight excluding hydrogens is 238 g/mol. The minimum Gasteiger partial charge on any atom is -0.496 e. The lowest BCUT2D eigenvalue weighted by molar-refractivity contribution is 0.238. The number of nitrogens with one attached hydrogen (secondary N) is 1. The molecule has 2 N–H and O–H groups in total. The van der Waals surface area contributed by atoms with Crippen molar-refractivity contribution in [1.82, 2.24) is 5.32 Å². The predicted molar refractivity (Wildman–Crippen MR) is 78.5 cm³/mol. The van der Waals surface area contributed by atoms with Crippen molar-refractivity contribution >= 4 is 10.8 Å². The highest BCUT2D eigenvalue weighted by atomic mass is 16.5. The molecule has 2 rings (SSSR count). The van der Waals surface area contributed by atoms with Gasteiger partial charge in [-0.15, -0.1) is 0 Å². The number of hydrogen-bond acceptors (Lipinski definition) is 3. The van der Waals surface area contributed by atoms with Crippen LogP contribution >= 0.6 is 0 Å². The highest BCUT2D eigenvalue weighted by Crippen LogP contribution is 2.27. The van der Waals surface area contributed by atoms with Crippen molar-refractivity contribution in [1.29, 1.82) is 0 Å². The van der Waals surface area contributed by atoms with Crippen molar-refractivity contribution in [3.05, 3.63) is 42.0 Å². The monoisotopic (exact) mass is 259 g/mol. The molecule has 0 saturated carbocycles. The third kappa shape index (κ3) is 3.06. The Labute approximate surface area is 114 Å².